The van der Waals surface area contributed by atoms with Gasteiger partial charge in [-0.1, -0.05) is 0 Å². The highest BCUT2D eigenvalue weighted by Crippen LogP contribution is 2.41. The second-order valence-corrected chi connectivity index (χ2v) is 14.0. The highest BCUT2D eigenvalue weighted by molar-refractivity contribution is 6.00. The number of anilines is 1. The van der Waals surface area contributed by atoms with Crippen molar-refractivity contribution < 1.29 is 9.53 Å². The number of ether oxygens (including phenoxy) is 1. The molecule has 2 aliphatic carbocycles. The first-order valence-corrected chi connectivity index (χ1v) is 17.1. The number of carbonyl (C=O) groups excluding carboxylic acids is 1. The summed E-state index contributed by atoms with van der Waals surface area (Å²) in [5.74, 6) is 3.34. The molecule has 48 heavy (non-hydrogen) atoms. The van der Waals surface area contributed by atoms with Gasteiger partial charge in [0.2, 0.25) is 0 Å². The smallest absolute Gasteiger partial charge is 0.254 e. The zero-order valence-electron chi connectivity index (χ0n) is 27.0. The molecule has 2 saturated heterocycles. The fraction of sp³-hybridized carbons (Fsp3) is 0.444. The minimum Gasteiger partial charge on any atom is -0.494 e. The molecule has 2 bridgehead atoms. The lowest BCUT2D eigenvalue weighted by atomic mass is 10.1. The van der Waals surface area contributed by atoms with Gasteiger partial charge in [0, 0.05) is 74.3 Å². The number of pyridine rings is 1. The lowest BCUT2D eigenvalue weighted by molar-refractivity contribution is 0.0700. The number of nitriles is 1. The van der Waals surface area contributed by atoms with Crippen LogP contribution in [0.4, 0.5) is 5.82 Å². The normalized spacial score (nSPS) is 23.4. The fourth-order valence-corrected chi connectivity index (χ4v) is 8.42. The van der Waals surface area contributed by atoms with Crippen molar-refractivity contribution in [1.82, 2.24) is 34.0 Å². The van der Waals surface area contributed by atoms with Crippen LogP contribution in [0.2, 0.25) is 0 Å². The van der Waals surface area contributed by atoms with E-state index in [4.69, 9.17) is 20.4 Å². The number of imidazole rings is 1. The molecule has 2 aliphatic heterocycles. The van der Waals surface area contributed by atoms with Gasteiger partial charge in [-0.2, -0.15) is 5.26 Å². The van der Waals surface area contributed by atoms with Gasteiger partial charge in [0.1, 0.15) is 23.0 Å². The molecule has 12 heteroatoms. The minimum absolute atomic E-state index is 0.00954. The Morgan fingerprint density at radius 3 is 2.62 bits per heavy atom. The van der Waals surface area contributed by atoms with Crippen LogP contribution < -0.4 is 15.4 Å². The lowest BCUT2D eigenvalue weighted by Crippen LogP contribution is -2.41. The molecule has 244 valence electrons. The monoisotopic (exact) mass is 642 g/mol. The number of amides is 1. The topological polar surface area (TPSA) is 144 Å². The van der Waals surface area contributed by atoms with E-state index in [2.05, 4.69) is 42.2 Å². The first kappa shape index (κ1) is 29.1. The number of aromatic nitrogens is 6. The van der Waals surface area contributed by atoms with E-state index in [9.17, 15) is 10.1 Å². The molecular weight excluding hydrogens is 604 g/mol. The minimum atomic E-state index is -0.00954. The lowest BCUT2D eigenvalue weighted by Gasteiger charge is -2.27. The SMILES string of the molecule is COc1cc(C(=O)N2C[C@H]3CC[C@@H]2[C@@H]3N)cc2nc(-c3cc4cccnc4n3CC3CC3)n(C[C@H]3CCN(c4nccnc4C#N)C3)c12. The molecule has 0 spiro atoms. The molecule has 5 aromatic rings. The van der Waals surface area contributed by atoms with Gasteiger partial charge >= 0.3 is 0 Å². The van der Waals surface area contributed by atoms with Gasteiger partial charge in [0.25, 0.3) is 5.91 Å². The zero-order chi connectivity index (χ0) is 32.5. The van der Waals surface area contributed by atoms with E-state index in [-0.39, 0.29) is 23.9 Å². The number of nitrogens with zero attached hydrogens (tertiary/aromatic N) is 9. The maximum atomic E-state index is 14.0. The standard InChI is InChI=1S/C36H38N10O2/c1-48-30-15-25(36(47)45-20-24-6-7-28(45)31(24)38)13-26-32(30)46(19-22-8-12-43(17-22)34-27(16-37)39-10-11-41-34)35(42-26)29-14-23-3-2-9-40-33(23)44(29)18-21-4-5-21/h2-3,9-11,13-15,21-22,24,28,31H,4-8,12,17-20,38H2,1H3/t22-,24+,28+,31+/m0/s1. The van der Waals surface area contributed by atoms with Gasteiger partial charge in [-0.15, -0.1) is 0 Å². The Morgan fingerprint density at radius 1 is 1.00 bits per heavy atom. The van der Waals surface area contributed by atoms with Gasteiger partial charge in [0.15, 0.2) is 17.3 Å². The van der Waals surface area contributed by atoms with Crippen molar-refractivity contribution in [3.05, 3.63) is 60.2 Å². The highest BCUT2D eigenvalue weighted by atomic mass is 16.5. The molecule has 12 nitrogen and oxygen atoms in total. The van der Waals surface area contributed by atoms with Crippen LogP contribution in [0.1, 0.15) is 48.2 Å². The summed E-state index contributed by atoms with van der Waals surface area (Å²) in [5, 5.41) is 10.7. The molecule has 1 aromatic carbocycles. The molecule has 4 aromatic heterocycles. The molecule has 4 fully saturated rings. The van der Waals surface area contributed by atoms with E-state index in [1.54, 1.807) is 19.5 Å². The Labute approximate surface area is 278 Å². The summed E-state index contributed by atoms with van der Waals surface area (Å²) in [6.45, 7) is 3.78. The number of carbonyl (C=O) groups is 1. The summed E-state index contributed by atoms with van der Waals surface area (Å²) < 4.78 is 10.7. The average Bonchev–Trinajstić information content (AvgIpc) is 3.42. The summed E-state index contributed by atoms with van der Waals surface area (Å²) in [6, 6.07) is 12.4. The fourth-order valence-electron chi connectivity index (χ4n) is 8.42. The molecule has 4 aliphatic rings. The van der Waals surface area contributed by atoms with Gasteiger partial charge in [-0.25, -0.2) is 19.9 Å². The quantitative estimate of drug-likeness (QED) is 0.263. The largest absolute Gasteiger partial charge is 0.494 e. The summed E-state index contributed by atoms with van der Waals surface area (Å²) in [6.07, 6.45) is 10.4. The van der Waals surface area contributed by atoms with Crippen molar-refractivity contribution in [2.24, 2.45) is 23.5 Å². The highest BCUT2D eigenvalue weighted by Gasteiger charge is 2.47. The van der Waals surface area contributed by atoms with E-state index in [1.165, 1.54) is 12.8 Å². The van der Waals surface area contributed by atoms with Crippen LogP contribution in [0.3, 0.4) is 0 Å². The van der Waals surface area contributed by atoms with Gasteiger partial charge in [-0.3, -0.25) is 4.79 Å². The van der Waals surface area contributed by atoms with Crippen LogP contribution in [0, 0.1) is 29.1 Å². The Kier molecular flexibility index (Phi) is 6.86. The van der Waals surface area contributed by atoms with Gasteiger partial charge < -0.3 is 29.4 Å². The van der Waals surface area contributed by atoms with Gasteiger partial charge in [0.05, 0.1) is 18.3 Å². The zero-order valence-corrected chi connectivity index (χ0v) is 27.0. The number of benzene rings is 1. The van der Waals surface area contributed by atoms with Crippen molar-refractivity contribution in [2.45, 2.75) is 57.3 Å². The summed E-state index contributed by atoms with van der Waals surface area (Å²) in [5.41, 5.74) is 11.0. The van der Waals surface area contributed by atoms with E-state index in [1.807, 2.05) is 29.3 Å². The number of fused-ring (bicyclic) bond motifs is 4. The molecule has 0 unspecified atom stereocenters. The summed E-state index contributed by atoms with van der Waals surface area (Å²) in [7, 11) is 1.66. The molecule has 1 amide bonds. The third-order valence-corrected chi connectivity index (χ3v) is 11.0. The van der Waals surface area contributed by atoms with Crippen molar-refractivity contribution in [3.63, 3.8) is 0 Å². The third kappa shape index (κ3) is 4.71. The summed E-state index contributed by atoms with van der Waals surface area (Å²) in [4.78, 5) is 37.0. The maximum Gasteiger partial charge on any atom is 0.254 e. The van der Waals surface area contributed by atoms with Crippen molar-refractivity contribution in [1.29, 1.82) is 5.26 Å². The Balaban J connectivity index is 1.16. The van der Waals surface area contributed by atoms with E-state index < -0.39 is 0 Å². The van der Waals surface area contributed by atoms with Crippen molar-refractivity contribution in [2.75, 3.05) is 31.6 Å². The second-order valence-electron chi connectivity index (χ2n) is 14.0. The van der Waals surface area contributed by atoms with Crippen molar-refractivity contribution >= 4 is 33.8 Å². The van der Waals surface area contributed by atoms with Crippen LogP contribution in [-0.2, 0) is 13.1 Å². The first-order valence-electron chi connectivity index (χ1n) is 17.1. The Morgan fingerprint density at radius 2 is 1.85 bits per heavy atom. The van der Waals surface area contributed by atoms with Crippen LogP contribution >= 0.6 is 0 Å². The maximum absolute atomic E-state index is 14.0. The van der Waals surface area contributed by atoms with Crippen LogP contribution in [0.25, 0.3) is 33.6 Å². The molecule has 0 radical (unpaired) electrons. The average molecular weight is 643 g/mol. The predicted octanol–water partition coefficient (Wildman–Crippen LogP) is 4.22. The molecular formula is C36H38N10O2. The molecule has 2 N–H and O–H groups in total. The van der Waals surface area contributed by atoms with E-state index in [0.29, 0.717) is 47.8 Å². The molecule has 9 rings (SSSR count). The number of nitrogens with two attached hydrogens (primary N) is 1. The van der Waals surface area contributed by atoms with E-state index in [0.717, 1.165) is 72.5 Å². The number of hydrogen-bond donors (Lipinski definition) is 1. The van der Waals surface area contributed by atoms with Crippen LogP contribution in [0.15, 0.2) is 48.9 Å². The number of likely N-dealkylation sites (tertiary alicyclic amines) is 1. The predicted molar refractivity (Wildman–Crippen MR) is 180 cm³/mol. The van der Waals surface area contributed by atoms with Crippen LogP contribution in [0.5, 0.6) is 5.75 Å². The Hall–Kier alpha value is -5.02. The van der Waals surface area contributed by atoms with Gasteiger partial charge in [-0.05, 0) is 80.2 Å². The Bertz CT molecular complexity index is 2110. The summed E-state index contributed by atoms with van der Waals surface area (Å²) >= 11 is 0. The molecule has 4 atom stereocenters. The molecule has 6 heterocycles. The van der Waals surface area contributed by atoms with E-state index >= 15 is 0 Å². The second kappa shape index (κ2) is 11.3. The number of rotatable bonds is 8. The first-order chi connectivity index (χ1) is 23.5. The number of piperidine rings is 1. The van der Waals surface area contributed by atoms with Crippen LogP contribution in [-0.4, -0.2) is 78.7 Å². The van der Waals surface area contributed by atoms with Crippen molar-refractivity contribution in [3.8, 4) is 23.3 Å². The molecule has 2 saturated carbocycles. The third-order valence-electron chi connectivity index (χ3n) is 11.0. The number of methoxy groups -OCH3 is 1. The number of hydrogen-bond acceptors (Lipinski definition) is 9.